The summed E-state index contributed by atoms with van der Waals surface area (Å²) in [6.45, 7) is -4.40. The maximum absolute atomic E-state index is 11.7. The second kappa shape index (κ2) is 9.20. The third kappa shape index (κ3) is 9.89. The second-order valence-corrected chi connectivity index (χ2v) is 3.25. The number of ether oxygens (including phenoxy) is 1. The zero-order valence-corrected chi connectivity index (χ0v) is 12.8. The fourth-order valence-corrected chi connectivity index (χ4v) is 1.03. The van der Waals surface area contributed by atoms with Crippen LogP contribution >= 0.6 is 0 Å². The molecule has 17 heavy (non-hydrogen) atoms. The summed E-state index contributed by atoms with van der Waals surface area (Å²) in [4.78, 5) is 0. The average molecular weight is 266 g/mol. The van der Waals surface area contributed by atoms with Crippen LogP contribution in [0.4, 0.5) is 12.9 Å². The molecule has 0 aliphatic rings. The first-order valence-corrected chi connectivity index (χ1v) is 4.86. The van der Waals surface area contributed by atoms with Gasteiger partial charge in [-0.3, -0.25) is 0 Å². The largest absolute Gasteiger partial charge is 1.00 e. The zero-order valence-electron chi connectivity index (χ0n) is 9.63. The van der Waals surface area contributed by atoms with Crippen molar-refractivity contribution in [2.45, 2.75) is 12.9 Å². The second-order valence-electron chi connectivity index (χ2n) is 3.25. The van der Waals surface area contributed by atoms with E-state index < -0.39 is 13.3 Å². The van der Waals surface area contributed by atoms with Crippen LogP contribution in [0.25, 0.3) is 0 Å². The van der Waals surface area contributed by atoms with E-state index in [9.17, 15) is 12.9 Å². The van der Waals surface area contributed by atoms with E-state index >= 15 is 0 Å². The molecule has 1 nitrogen and oxygen atoms in total. The Morgan fingerprint density at radius 2 is 1.71 bits per heavy atom. The van der Waals surface area contributed by atoms with Gasteiger partial charge in [0.05, 0.1) is 6.61 Å². The summed E-state index contributed by atoms with van der Waals surface area (Å²) in [5, 5.41) is 0. The Kier molecular flexibility index (Phi) is 9.32. The van der Waals surface area contributed by atoms with Gasteiger partial charge in [-0.1, -0.05) is 36.3 Å². The number of benzene rings is 1. The van der Waals surface area contributed by atoms with Gasteiger partial charge in [-0.25, -0.2) is 0 Å². The molecule has 86 valence electrons. The molecule has 0 amide bonds. The molecular formula is C11H11BF3KO. The van der Waals surface area contributed by atoms with Crippen LogP contribution in [0.1, 0.15) is 5.56 Å². The standard InChI is InChI=1S/C11H11BF3O.K/c13-12(14,15)8-4-5-9-16-10-11-6-2-1-3-7-11;/h1-3,6-7H,8-10H2;/q-1;+1. The summed E-state index contributed by atoms with van der Waals surface area (Å²) in [5.41, 5.74) is 0.976. The Balaban J connectivity index is 0.00000256. The van der Waals surface area contributed by atoms with Gasteiger partial charge in [0.15, 0.2) is 0 Å². The molecule has 1 rings (SSSR count). The molecule has 0 radical (unpaired) electrons. The van der Waals surface area contributed by atoms with Gasteiger partial charge in [-0.15, -0.1) is 5.92 Å². The van der Waals surface area contributed by atoms with Crippen LogP contribution in [0.3, 0.4) is 0 Å². The molecule has 0 bridgehead atoms. The van der Waals surface area contributed by atoms with Crippen molar-refractivity contribution in [3.63, 3.8) is 0 Å². The van der Waals surface area contributed by atoms with E-state index in [1.807, 2.05) is 36.3 Å². The van der Waals surface area contributed by atoms with E-state index in [2.05, 4.69) is 5.92 Å². The fourth-order valence-electron chi connectivity index (χ4n) is 1.03. The van der Waals surface area contributed by atoms with E-state index in [-0.39, 0.29) is 58.0 Å². The Morgan fingerprint density at radius 3 is 2.29 bits per heavy atom. The molecule has 0 fully saturated rings. The molecule has 6 heteroatoms. The summed E-state index contributed by atoms with van der Waals surface area (Å²) in [6, 6.07) is 9.39. The van der Waals surface area contributed by atoms with E-state index in [1.54, 1.807) is 0 Å². The van der Waals surface area contributed by atoms with Gasteiger partial charge < -0.3 is 17.7 Å². The molecule has 1 aromatic rings. The van der Waals surface area contributed by atoms with Gasteiger partial charge in [0.2, 0.25) is 0 Å². The smallest absolute Gasteiger partial charge is 0.448 e. The van der Waals surface area contributed by atoms with E-state index in [0.717, 1.165) is 5.56 Å². The molecule has 0 heterocycles. The molecule has 0 saturated heterocycles. The van der Waals surface area contributed by atoms with Gasteiger partial charge >= 0.3 is 58.4 Å². The fraction of sp³-hybridized carbons (Fsp3) is 0.273. The van der Waals surface area contributed by atoms with Crippen molar-refractivity contribution < 1.29 is 69.1 Å². The average Bonchev–Trinajstić information content (AvgIpc) is 2.23. The normalized spacial score (nSPS) is 10.1. The predicted octanol–water partition coefficient (Wildman–Crippen LogP) is 0.0580. The van der Waals surface area contributed by atoms with Gasteiger partial charge in [-0.2, -0.15) is 0 Å². The molecule has 0 aromatic heterocycles. The van der Waals surface area contributed by atoms with Gasteiger partial charge in [0.1, 0.15) is 6.61 Å². The molecule has 0 unspecified atom stereocenters. The quantitative estimate of drug-likeness (QED) is 0.425. The first kappa shape index (κ1) is 17.2. The molecule has 0 saturated carbocycles. The Morgan fingerprint density at radius 1 is 1.06 bits per heavy atom. The summed E-state index contributed by atoms with van der Waals surface area (Å²) in [7, 11) is 0. The summed E-state index contributed by atoms with van der Waals surface area (Å²) >= 11 is 0. The van der Waals surface area contributed by atoms with Crippen molar-refractivity contribution >= 4 is 6.98 Å². The van der Waals surface area contributed by atoms with E-state index in [1.165, 1.54) is 0 Å². The van der Waals surface area contributed by atoms with Crippen LogP contribution in [0.2, 0.25) is 6.32 Å². The van der Waals surface area contributed by atoms with Gasteiger partial charge in [0.25, 0.3) is 0 Å². The van der Waals surface area contributed by atoms with Crippen LogP contribution in [0, 0.1) is 11.8 Å². The van der Waals surface area contributed by atoms with Gasteiger partial charge in [0, 0.05) is 0 Å². The van der Waals surface area contributed by atoms with Crippen LogP contribution in [0.15, 0.2) is 30.3 Å². The van der Waals surface area contributed by atoms with Crippen molar-refractivity contribution in [2.24, 2.45) is 0 Å². The first-order chi connectivity index (χ1) is 7.58. The molecular weight excluding hydrogens is 255 g/mol. The van der Waals surface area contributed by atoms with Crippen molar-refractivity contribution in [2.75, 3.05) is 6.61 Å². The van der Waals surface area contributed by atoms with Gasteiger partial charge in [-0.05, 0) is 11.9 Å². The van der Waals surface area contributed by atoms with Crippen molar-refractivity contribution in [1.82, 2.24) is 0 Å². The Hall–Kier alpha value is 0.231. The SMILES string of the molecule is F[B-](F)(F)CC#CCOCc1ccccc1.[K+]. The van der Waals surface area contributed by atoms with E-state index in [0.29, 0.717) is 6.61 Å². The number of halogens is 3. The molecule has 0 spiro atoms. The third-order valence-corrected chi connectivity index (χ3v) is 1.74. The van der Waals surface area contributed by atoms with Crippen LogP contribution in [0.5, 0.6) is 0 Å². The Bertz CT molecular complexity index is 370. The summed E-state index contributed by atoms with van der Waals surface area (Å²) in [5.74, 6) is 4.37. The molecule has 1 aromatic carbocycles. The number of hydrogen-bond acceptors (Lipinski definition) is 1. The molecule has 0 aliphatic heterocycles. The van der Waals surface area contributed by atoms with Crippen molar-refractivity contribution in [1.29, 1.82) is 0 Å². The molecule has 0 N–H and O–H groups in total. The third-order valence-electron chi connectivity index (χ3n) is 1.74. The van der Waals surface area contributed by atoms with Crippen LogP contribution in [-0.4, -0.2) is 13.6 Å². The molecule has 0 atom stereocenters. The minimum Gasteiger partial charge on any atom is -0.448 e. The van der Waals surface area contributed by atoms with Crippen LogP contribution < -0.4 is 51.4 Å². The zero-order chi connectivity index (χ0) is 11.9. The number of hydrogen-bond donors (Lipinski definition) is 0. The maximum atomic E-state index is 11.7. The summed E-state index contributed by atoms with van der Waals surface area (Å²) in [6.07, 6.45) is -1.02. The maximum Gasteiger partial charge on any atom is 1.00 e. The molecule has 0 aliphatic carbocycles. The topological polar surface area (TPSA) is 9.23 Å². The van der Waals surface area contributed by atoms with E-state index in [4.69, 9.17) is 4.74 Å². The van der Waals surface area contributed by atoms with Crippen molar-refractivity contribution in [3.8, 4) is 11.8 Å². The Labute approximate surface area is 142 Å². The summed E-state index contributed by atoms with van der Waals surface area (Å²) < 4.78 is 40.3. The predicted molar refractivity (Wildman–Crippen MR) is 57.8 cm³/mol. The first-order valence-electron chi connectivity index (χ1n) is 4.86. The van der Waals surface area contributed by atoms with Crippen molar-refractivity contribution in [3.05, 3.63) is 35.9 Å². The minimum absolute atomic E-state index is 0. The minimum atomic E-state index is -4.80. The number of rotatable bonds is 4. The van der Waals surface area contributed by atoms with Crippen LogP contribution in [-0.2, 0) is 11.3 Å². The monoisotopic (exact) mass is 266 g/mol.